The molecule has 0 aromatic heterocycles. The zero-order valence-electron chi connectivity index (χ0n) is 14.0. The predicted octanol–water partition coefficient (Wildman–Crippen LogP) is 0.341. The second kappa shape index (κ2) is 8.30. The molecule has 0 aromatic rings. The molecule has 4 atom stereocenters. The van der Waals surface area contributed by atoms with Crippen LogP contribution in [0.25, 0.3) is 0 Å². The van der Waals surface area contributed by atoms with E-state index in [1.54, 1.807) is 13.8 Å². The minimum Gasteiger partial charge on any atom is -0.341 e. The van der Waals surface area contributed by atoms with E-state index in [0.29, 0.717) is 0 Å². The molecular formula is C13H24ClFN4O4S. The number of carbonyl (C=O) groups excluding carboxylic acids is 2. The highest BCUT2D eigenvalue weighted by Gasteiger charge is 2.42. The molecule has 1 saturated carbocycles. The molecule has 140 valence electrons. The topological polar surface area (TPSA) is 108 Å². The van der Waals surface area contributed by atoms with E-state index in [9.17, 15) is 22.4 Å². The van der Waals surface area contributed by atoms with Gasteiger partial charge in [-0.15, -0.1) is 11.6 Å². The van der Waals surface area contributed by atoms with E-state index in [0.717, 1.165) is 4.31 Å². The predicted molar refractivity (Wildman–Crippen MR) is 88.6 cm³/mol. The summed E-state index contributed by atoms with van der Waals surface area (Å²) in [6, 6.07) is -1.84. The molecule has 1 rings (SSSR count). The van der Waals surface area contributed by atoms with Gasteiger partial charge in [0.1, 0.15) is 6.17 Å². The van der Waals surface area contributed by atoms with Crippen LogP contribution in [0.1, 0.15) is 26.7 Å². The van der Waals surface area contributed by atoms with E-state index in [1.165, 1.54) is 14.1 Å². The van der Waals surface area contributed by atoms with Crippen LogP contribution in [0.2, 0.25) is 0 Å². The van der Waals surface area contributed by atoms with Crippen LogP contribution in [-0.4, -0.2) is 62.4 Å². The van der Waals surface area contributed by atoms with Gasteiger partial charge in [0.15, 0.2) is 0 Å². The van der Waals surface area contributed by atoms with Crippen molar-refractivity contribution in [2.24, 2.45) is 5.92 Å². The number of nitrogens with one attached hydrogen (secondary N) is 3. The minimum atomic E-state index is -4.01. The molecule has 1 fully saturated rings. The third kappa shape index (κ3) is 5.18. The Morgan fingerprint density at radius 3 is 2.38 bits per heavy atom. The largest absolute Gasteiger partial charge is 0.341 e. The molecule has 0 saturated heterocycles. The third-order valence-electron chi connectivity index (χ3n) is 4.05. The summed E-state index contributed by atoms with van der Waals surface area (Å²) in [6.07, 6.45) is -1.66. The summed E-state index contributed by atoms with van der Waals surface area (Å²) >= 11 is 6.04. The van der Waals surface area contributed by atoms with Crippen molar-refractivity contribution >= 4 is 33.7 Å². The van der Waals surface area contributed by atoms with Crippen LogP contribution in [0.5, 0.6) is 0 Å². The first-order chi connectivity index (χ1) is 11.0. The number of carbonyl (C=O) groups is 2. The summed E-state index contributed by atoms with van der Waals surface area (Å²) in [6.45, 7) is 3.32. The molecule has 24 heavy (non-hydrogen) atoms. The van der Waals surface area contributed by atoms with Gasteiger partial charge in [-0.2, -0.15) is 12.7 Å². The van der Waals surface area contributed by atoms with Crippen LogP contribution in [-0.2, 0) is 15.0 Å². The van der Waals surface area contributed by atoms with E-state index < -0.39 is 45.7 Å². The number of hydrogen-bond donors (Lipinski definition) is 3. The number of hydrogen-bond acceptors (Lipinski definition) is 4. The van der Waals surface area contributed by atoms with Crippen molar-refractivity contribution in [2.75, 3.05) is 14.1 Å². The lowest BCUT2D eigenvalue weighted by Gasteiger charge is -2.35. The number of halogens is 2. The second-order valence-corrected chi connectivity index (χ2v) is 8.31. The molecule has 0 aromatic carbocycles. The molecule has 0 radical (unpaired) electrons. The Labute approximate surface area is 146 Å². The first-order valence-corrected chi connectivity index (χ1v) is 9.43. The lowest BCUT2D eigenvalue weighted by atomic mass is 9.83. The highest BCUT2D eigenvalue weighted by molar-refractivity contribution is 7.87. The average molecular weight is 387 g/mol. The van der Waals surface area contributed by atoms with E-state index in [-0.39, 0.29) is 18.9 Å². The van der Waals surface area contributed by atoms with E-state index >= 15 is 0 Å². The summed E-state index contributed by atoms with van der Waals surface area (Å²) in [5.74, 6) is -1.74. The van der Waals surface area contributed by atoms with Gasteiger partial charge >= 0.3 is 16.2 Å². The first kappa shape index (κ1) is 20.9. The maximum Gasteiger partial charge on any atom is 0.314 e. The lowest BCUT2D eigenvalue weighted by molar-refractivity contribution is -0.124. The Balaban J connectivity index is 2.83. The van der Waals surface area contributed by atoms with E-state index in [4.69, 9.17) is 11.6 Å². The monoisotopic (exact) mass is 386 g/mol. The van der Waals surface area contributed by atoms with Crippen molar-refractivity contribution in [3.63, 3.8) is 0 Å². The summed E-state index contributed by atoms with van der Waals surface area (Å²) in [7, 11) is -1.29. The fourth-order valence-corrected chi connectivity index (χ4v) is 3.82. The fraction of sp³-hybridized carbons (Fsp3) is 0.846. The highest BCUT2D eigenvalue weighted by atomic mass is 35.5. The molecule has 3 amide bonds. The molecule has 0 aliphatic heterocycles. The Bertz CT molecular complexity index is 574. The third-order valence-corrected chi connectivity index (χ3v) is 6.17. The number of nitrogens with zero attached hydrogens (tertiary/aromatic N) is 1. The zero-order valence-corrected chi connectivity index (χ0v) is 15.6. The summed E-state index contributed by atoms with van der Waals surface area (Å²) in [5.41, 5.74) is 0. The van der Waals surface area contributed by atoms with Gasteiger partial charge in [0.2, 0.25) is 5.91 Å². The number of amides is 3. The molecular weight excluding hydrogens is 363 g/mol. The van der Waals surface area contributed by atoms with Crippen LogP contribution in [0.15, 0.2) is 0 Å². The van der Waals surface area contributed by atoms with Gasteiger partial charge in [0, 0.05) is 25.5 Å². The van der Waals surface area contributed by atoms with Crippen molar-refractivity contribution in [1.29, 1.82) is 0 Å². The molecule has 11 heteroatoms. The summed E-state index contributed by atoms with van der Waals surface area (Å²) in [4.78, 5) is 23.7. The van der Waals surface area contributed by atoms with Crippen LogP contribution < -0.4 is 15.4 Å². The van der Waals surface area contributed by atoms with Crippen LogP contribution in [0, 0.1) is 5.92 Å². The van der Waals surface area contributed by atoms with Crippen LogP contribution >= 0.6 is 11.6 Å². The number of alkyl halides is 2. The summed E-state index contributed by atoms with van der Waals surface area (Å²) in [5, 5.41) is 3.85. The van der Waals surface area contributed by atoms with Crippen molar-refractivity contribution in [3.05, 3.63) is 0 Å². The van der Waals surface area contributed by atoms with Crippen LogP contribution in [0.4, 0.5) is 9.18 Å². The zero-order chi connectivity index (χ0) is 18.7. The Kier molecular flexibility index (Phi) is 7.24. The van der Waals surface area contributed by atoms with E-state index in [2.05, 4.69) is 10.6 Å². The maximum absolute atomic E-state index is 14.0. The van der Waals surface area contributed by atoms with Crippen molar-refractivity contribution in [3.8, 4) is 0 Å². The molecule has 0 bridgehead atoms. The number of rotatable bonds is 5. The van der Waals surface area contributed by atoms with Gasteiger partial charge in [-0.05, 0) is 26.7 Å². The molecule has 0 heterocycles. The van der Waals surface area contributed by atoms with E-state index in [1.807, 2.05) is 4.72 Å². The molecule has 4 unspecified atom stereocenters. The minimum absolute atomic E-state index is 0.0878. The van der Waals surface area contributed by atoms with Gasteiger partial charge in [-0.3, -0.25) is 4.79 Å². The SMILES string of the molecule is CNC(=O)NC1CC(C(=O)NS(=O)(=O)N(C)C(C)C)C(Cl)CC1F. The second-order valence-electron chi connectivity index (χ2n) is 6.02. The lowest BCUT2D eigenvalue weighted by Crippen LogP contribution is -2.54. The standard InChI is InChI=1S/C13H24ClFN4O4S/c1-7(2)19(4)24(22,23)18-12(20)8-5-11(17-13(21)16-3)10(15)6-9(8)14/h7-11H,5-6H2,1-4H3,(H,18,20)(H2,16,17,21). The normalized spacial score (nSPS) is 27.8. The maximum atomic E-state index is 14.0. The van der Waals surface area contributed by atoms with Gasteiger partial charge in [-0.25, -0.2) is 13.9 Å². The van der Waals surface area contributed by atoms with Crippen molar-refractivity contribution in [1.82, 2.24) is 19.7 Å². The highest BCUT2D eigenvalue weighted by Crippen LogP contribution is 2.31. The Morgan fingerprint density at radius 1 is 1.29 bits per heavy atom. The number of urea groups is 1. The molecule has 1 aliphatic rings. The van der Waals surface area contributed by atoms with Crippen LogP contribution in [0.3, 0.4) is 0 Å². The van der Waals surface area contributed by atoms with Crippen molar-refractivity contribution < 1.29 is 22.4 Å². The molecule has 3 N–H and O–H groups in total. The van der Waals surface area contributed by atoms with Gasteiger partial charge in [-0.1, -0.05) is 0 Å². The smallest absolute Gasteiger partial charge is 0.314 e. The van der Waals surface area contributed by atoms with Gasteiger partial charge in [0.05, 0.1) is 12.0 Å². The molecule has 8 nitrogen and oxygen atoms in total. The average Bonchev–Trinajstić information content (AvgIpc) is 2.48. The molecule has 1 aliphatic carbocycles. The van der Waals surface area contributed by atoms with Gasteiger partial charge < -0.3 is 10.6 Å². The van der Waals surface area contributed by atoms with Gasteiger partial charge in [0.25, 0.3) is 0 Å². The summed E-state index contributed by atoms with van der Waals surface area (Å²) < 4.78 is 41.2. The first-order valence-electron chi connectivity index (χ1n) is 7.55. The molecule has 0 spiro atoms. The van der Waals surface area contributed by atoms with Crippen molar-refractivity contribution in [2.45, 2.75) is 50.3 Å². The quantitative estimate of drug-likeness (QED) is 0.592. The fourth-order valence-electron chi connectivity index (χ4n) is 2.33. The Morgan fingerprint density at radius 2 is 1.88 bits per heavy atom. The Hall–Kier alpha value is -1.13.